The molecule has 0 saturated carbocycles. The van der Waals surface area contributed by atoms with E-state index in [-0.39, 0.29) is 11.7 Å². The zero-order valence-corrected chi connectivity index (χ0v) is 20.5. The number of ketones is 1. The monoisotopic (exact) mass is 472 g/mol. The topological polar surface area (TPSA) is 94.8 Å². The van der Waals surface area contributed by atoms with Crippen molar-refractivity contribution in [1.29, 1.82) is 0 Å². The summed E-state index contributed by atoms with van der Waals surface area (Å²) >= 11 is 0. The van der Waals surface area contributed by atoms with Crippen LogP contribution in [0.5, 0.6) is 11.5 Å². The molecule has 1 N–H and O–H groups in total. The summed E-state index contributed by atoms with van der Waals surface area (Å²) in [6, 6.07) is 14.4. The maximum Gasteiger partial charge on any atom is 0.224 e. The highest BCUT2D eigenvalue weighted by molar-refractivity contribution is 5.95. The minimum Gasteiger partial charge on any atom is -0.497 e. The summed E-state index contributed by atoms with van der Waals surface area (Å²) in [5.74, 6) is 1.24. The van der Waals surface area contributed by atoms with Gasteiger partial charge in [0.15, 0.2) is 11.4 Å². The standard InChI is InChI=1S/C27H28N4O4/c1-16-24(10-11-27(33)29-21-8-6-19(7-9-21)18(3)32)17(2)31-26(28-16)15-25(30-31)20-12-22(34-4)14-23(13-20)35-5/h6-9,12-15H,10-11H2,1-5H3,(H,29,33). The molecule has 1 amide bonds. The van der Waals surface area contributed by atoms with Crippen LogP contribution in [0.4, 0.5) is 5.69 Å². The number of amides is 1. The molecule has 2 heterocycles. The Labute approximate surface area is 203 Å². The number of nitrogens with one attached hydrogen (secondary N) is 1. The van der Waals surface area contributed by atoms with Crippen LogP contribution < -0.4 is 14.8 Å². The van der Waals surface area contributed by atoms with Gasteiger partial charge in [0.1, 0.15) is 11.5 Å². The van der Waals surface area contributed by atoms with E-state index in [0.29, 0.717) is 35.6 Å². The Hall–Kier alpha value is -4.20. The van der Waals surface area contributed by atoms with E-state index in [1.54, 1.807) is 38.5 Å². The van der Waals surface area contributed by atoms with Crippen LogP contribution in [0.3, 0.4) is 0 Å². The third kappa shape index (κ3) is 5.16. The Kier molecular flexibility index (Phi) is 6.82. The third-order valence-electron chi connectivity index (χ3n) is 5.99. The Morgan fingerprint density at radius 3 is 2.23 bits per heavy atom. The van der Waals surface area contributed by atoms with Crippen molar-refractivity contribution in [3.8, 4) is 22.8 Å². The van der Waals surface area contributed by atoms with Crippen molar-refractivity contribution in [3.05, 3.63) is 71.0 Å². The molecule has 0 atom stereocenters. The lowest BCUT2D eigenvalue weighted by molar-refractivity contribution is -0.116. The number of methoxy groups -OCH3 is 2. The SMILES string of the molecule is COc1cc(OC)cc(-c2cc3nc(C)c(CCC(=O)Nc4ccc(C(C)=O)cc4)c(C)n3n2)c1. The first-order valence-electron chi connectivity index (χ1n) is 11.3. The first-order valence-corrected chi connectivity index (χ1v) is 11.3. The molecular weight excluding hydrogens is 444 g/mol. The number of nitrogens with zero attached hydrogens (tertiary/aromatic N) is 3. The van der Waals surface area contributed by atoms with Crippen LogP contribution in [-0.2, 0) is 11.2 Å². The number of hydrogen-bond acceptors (Lipinski definition) is 6. The Morgan fingerprint density at radius 1 is 0.971 bits per heavy atom. The summed E-state index contributed by atoms with van der Waals surface area (Å²) in [5, 5.41) is 7.65. The van der Waals surface area contributed by atoms with Crippen molar-refractivity contribution < 1.29 is 19.1 Å². The van der Waals surface area contributed by atoms with Crippen molar-refractivity contribution in [1.82, 2.24) is 14.6 Å². The van der Waals surface area contributed by atoms with E-state index in [9.17, 15) is 9.59 Å². The van der Waals surface area contributed by atoms with Crippen LogP contribution in [0.2, 0.25) is 0 Å². The average Bonchev–Trinajstić information content (AvgIpc) is 3.28. The zero-order chi connectivity index (χ0) is 25.1. The van der Waals surface area contributed by atoms with E-state index < -0.39 is 0 Å². The quantitative estimate of drug-likeness (QED) is 0.370. The van der Waals surface area contributed by atoms with Crippen LogP contribution in [0.1, 0.15) is 40.7 Å². The van der Waals surface area contributed by atoms with Crippen LogP contribution in [0, 0.1) is 13.8 Å². The minimum absolute atomic E-state index is 0.0102. The summed E-state index contributed by atoms with van der Waals surface area (Å²) in [5.41, 5.74) is 6.40. The lowest BCUT2D eigenvalue weighted by Gasteiger charge is -2.11. The number of Topliss-reactive ketones (excluding diaryl/α,β-unsaturated/α-hetero) is 1. The van der Waals surface area contributed by atoms with Gasteiger partial charge < -0.3 is 14.8 Å². The minimum atomic E-state index is -0.107. The van der Waals surface area contributed by atoms with E-state index in [2.05, 4.69) is 5.32 Å². The molecule has 4 aromatic rings. The fourth-order valence-corrected chi connectivity index (χ4v) is 4.04. The van der Waals surface area contributed by atoms with Crippen molar-refractivity contribution in [2.45, 2.75) is 33.6 Å². The van der Waals surface area contributed by atoms with E-state index in [4.69, 9.17) is 19.6 Å². The fourth-order valence-electron chi connectivity index (χ4n) is 4.04. The van der Waals surface area contributed by atoms with Gasteiger partial charge in [0, 0.05) is 46.8 Å². The van der Waals surface area contributed by atoms with Gasteiger partial charge in [0.25, 0.3) is 0 Å². The highest BCUT2D eigenvalue weighted by atomic mass is 16.5. The predicted molar refractivity (Wildman–Crippen MR) is 134 cm³/mol. The number of rotatable bonds is 8. The second-order valence-electron chi connectivity index (χ2n) is 8.34. The molecule has 4 rings (SSSR count). The Morgan fingerprint density at radius 2 is 1.63 bits per heavy atom. The summed E-state index contributed by atoms with van der Waals surface area (Å²) in [4.78, 5) is 28.7. The number of fused-ring (bicyclic) bond motifs is 1. The van der Waals surface area contributed by atoms with Crippen LogP contribution in [-0.4, -0.2) is 40.5 Å². The molecule has 0 aliphatic rings. The molecule has 0 spiro atoms. The first-order chi connectivity index (χ1) is 16.8. The molecule has 0 aliphatic carbocycles. The lowest BCUT2D eigenvalue weighted by atomic mass is 10.1. The van der Waals surface area contributed by atoms with Crippen LogP contribution in [0.25, 0.3) is 16.9 Å². The molecule has 0 aliphatic heterocycles. The number of carbonyl (C=O) groups excluding carboxylic acids is 2. The van der Waals surface area contributed by atoms with Gasteiger partial charge in [-0.2, -0.15) is 5.10 Å². The Bertz CT molecular complexity index is 1380. The van der Waals surface area contributed by atoms with Gasteiger partial charge in [-0.1, -0.05) is 0 Å². The zero-order valence-electron chi connectivity index (χ0n) is 20.5. The van der Waals surface area contributed by atoms with E-state index in [1.165, 1.54) is 6.92 Å². The van der Waals surface area contributed by atoms with Gasteiger partial charge in [0.05, 0.1) is 19.9 Å². The average molecular weight is 473 g/mol. The summed E-state index contributed by atoms with van der Waals surface area (Å²) in [6.07, 6.45) is 0.824. The molecule has 0 radical (unpaired) electrons. The Balaban J connectivity index is 1.54. The molecular formula is C27H28N4O4. The summed E-state index contributed by atoms with van der Waals surface area (Å²) < 4.78 is 12.6. The van der Waals surface area contributed by atoms with E-state index >= 15 is 0 Å². The molecule has 2 aromatic heterocycles. The maximum absolute atomic E-state index is 12.6. The van der Waals surface area contributed by atoms with Crippen LogP contribution in [0.15, 0.2) is 48.5 Å². The predicted octanol–water partition coefficient (Wildman–Crippen LogP) is 4.80. The van der Waals surface area contributed by atoms with E-state index in [0.717, 1.165) is 33.9 Å². The number of benzene rings is 2. The van der Waals surface area contributed by atoms with Crippen LogP contribution >= 0.6 is 0 Å². The van der Waals surface area contributed by atoms with Crippen molar-refractivity contribution >= 4 is 23.0 Å². The third-order valence-corrected chi connectivity index (χ3v) is 5.99. The molecule has 8 heteroatoms. The number of anilines is 1. The summed E-state index contributed by atoms with van der Waals surface area (Å²) in [7, 11) is 3.22. The highest BCUT2D eigenvalue weighted by Gasteiger charge is 2.15. The summed E-state index contributed by atoms with van der Waals surface area (Å²) in [6.45, 7) is 5.44. The number of ether oxygens (including phenoxy) is 2. The second-order valence-corrected chi connectivity index (χ2v) is 8.34. The van der Waals surface area contributed by atoms with Gasteiger partial charge in [-0.3, -0.25) is 9.59 Å². The smallest absolute Gasteiger partial charge is 0.224 e. The maximum atomic E-state index is 12.6. The lowest BCUT2D eigenvalue weighted by Crippen LogP contribution is -2.14. The van der Waals surface area contributed by atoms with Gasteiger partial charge in [-0.15, -0.1) is 0 Å². The fraction of sp³-hybridized carbons (Fsp3) is 0.259. The molecule has 180 valence electrons. The van der Waals surface area contributed by atoms with Crippen molar-refractivity contribution in [2.24, 2.45) is 0 Å². The van der Waals surface area contributed by atoms with Crippen molar-refractivity contribution in [3.63, 3.8) is 0 Å². The number of hydrogen-bond donors (Lipinski definition) is 1. The van der Waals surface area contributed by atoms with Gasteiger partial charge >= 0.3 is 0 Å². The van der Waals surface area contributed by atoms with Gasteiger partial charge in [-0.25, -0.2) is 9.50 Å². The second kappa shape index (κ2) is 9.97. The molecule has 0 saturated heterocycles. The highest BCUT2D eigenvalue weighted by Crippen LogP contribution is 2.30. The molecule has 0 fully saturated rings. The molecule has 35 heavy (non-hydrogen) atoms. The molecule has 2 aromatic carbocycles. The normalized spacial score (nSPS) is 10.9. The molecule has 0 bridgehead atoms. The number of carbonyl (C=O) groups is 2. The van der Waals surface area contributed by atoms with Gasteiger partial charge in [-0.05, 0) is 69.2 Å². The van der Waals surface area contributed by atoms with E-state index in [1.807, 2.05) is 42.6 Å². The molecule has 0 unspecified atom stereocenters. The molecule has 8 nitrogen and oxygen atoms in total. The number of aryl methyl sites for hydroxylation is 2. The van der Waals surface area contributed by atoms with Gasteiger partial charge in [0.2, 0.25) is 5.91 Å². The first kappa shape index (κ1) is 23.9. The van der Waals surface area contributed by atoms with Crippen molar-refractivity contribution in [2.75, 3.05) is 19.5 Å². The largest absolute Gasteiger partial charge is 0.497 e. The number of aromatic nitrogens is 3.